The summed E-state index contributed by atoms with van der Waals surface area (Å²) in [5.41, 5.74) is 26.8. The number of H-pyrrole nitrogens is 4. The molecule has 5 aliphatic rings. The number of hydrogen-bond donors (Lipinski definition) is 4. The van der Waals surface area contributed by atoms with Crippen molar-refractivity contribution in [1.82, 2.24) is 39.9 Å². The first-order chi connectivity index (χ1) is 55.9. The van der Waals surface area contributed by atoms with Crippen molar-refractivity contribution in [1.29, 1.82) is 0 Å². The predicted molar refractivity (Wildman–Crippen MR) is 491 cm³/mol. The molecule has 9 aromatic heterocycles. The van der Waals surface area contributed by atoms with Crippen LogP contribution in [0.4, 0.5) is 0 Å². The Hall–Kier alpha value is -10.9. The Morgan fingerprint density at radius 1 is 0.339 bits per heavy atom. The van der Waals surface area contributed by atoms with Gasteiger partial charge < -0.3 is 29.4 Å². The highest BCUT2D eigenvalue weighted by molar-refractivity contribution is 7.23. The van der Waals surface area contributed by atoms with Gasteiger partial charge in [0, 0.05) is 147 Å². The van der Waals surface area contributed by atoms with Crippen LogP contribution in [0, 0.1) is 11.8 Å². The number of aliphatic imine (C=N–C) groups is 2. The Labute approximate surface area is 684 Å². The van der Waals surface area contributed by atoms with E-state index in [0.29, 0.717) is 48.7 Å². The Bertz CT molecular complexity index is 7230. The molecular weight excluding hydrogens is 1510 g/mol. The van der Waals surface area contributed by atoms with Crippen LogP contribution in [-0.2, 0) is 13.0 Å². The minimum absolute atomic E-state index is 0.348. The lowest BCUT2D eigenvalue weighted by Gasteiger charge is -2.19. The number of allylic oxidation sites excluding steroid dienone is 3. The fraction of sp³-hybridized carbons (Fsp3) is 0.245. The van der Waals surface area contributed by atoms with Crippen molar-refractivity contribution < 1.29 is 9.47 Å². The van der Waals surface area contributed by atoms with Crippen LogP contribution in [0.15, 0.2) is 177 Å². The maximum atomic E-state index is 6.35. The molecule has 0 amide bonds. The molecule has 0 fully saturated rings. The third-order valence-electron chi connectivity index (χ3n) is 24.3. The molecule has 19 aromatic rings. The standard InChI is InChI=1S/C33H28N4OS.C33H29N3S2.C32H27N3OS2/c1-16(2)32-34-26-15-38-30-21-8-5-18(13-20(21)7-10-23(30)27(26)35-32)19-6-9-22-25(14-19)31-24(11-12-39-31)29-28(22)36-33(37-29)17(3)4;1-16(2)27-15-24-20-7-6-19-14-28(38-31(19)22(20)9-10-26(24)34-27)18-5-8-21-25(13-18)32-23(11-12-37-32)30-29(21)35-33(36-30)17(3)4;1-15(2)24-13-22-20-8-6-18-12-26(38-30(18)29(20)36-14-25(22)33-24)17-5-7-19-23(11-17)31-21(9-10-37-31)28-27(19)34-32(35-28)16(3)4/h5-14,16-17H,15H2,1-4H3,(H,34,35)(H,36,37);5-8,11-14,16-17H,9-10,15H2,1-4H3,(H,35,36);5-12,15-16H,13-14H2,1-4H3,(H,34,35). The summed E-state index contributed by atoms with van der Waals surface area (Å²) >= 11 is 9.20. The van der Waals surface area contributed by atoms with E-state index >= 15 is 0 Å². The summed E-state index contributed by atoms with van der Waals surface area (Å²) in [5.74, 6) is 8.51. The second-order valence-electron chi connectivity index (χ2n) is 33.6. The van der Waals surface area contributed by atoms with Crippen LogP contribution in [0.1, 0.15) is 172 Å². The Kier molecular flexibility index (Phi) is 16.5. The van der Waals surface area contributed by atoms with Crippen molar-refractivity contribution in [3.63, 3.8) is 0 Å². The van der Waals surface area contributed by atoms with E-state index in [1.165, 1.54) is 165 Å². The van der Waals surface area contributed by atoms with Gasteiger partial charge in [0.1, 0.15) is 48.0 Å². The van der Waals surface area contributed by atoms with Crippen molar-refractivity contribution in [2.75, 3.05) is 6.61 Å². The number of thiophene rings is 5. The lowest BCUT2D eigenvalue weighted by Crippen LogP contribution is -2.08. The number of rotatable bonds is 9. The first-order valence-electron chi connectivity index (χ1n) is 40.5. The number of imidazole rings is 4. The third-order valence-corrected chi connectivity index (χ3v) is 29.7. The second-order valence-corrected chi connectivity index (χ2v) is 38.5. The summed E-state index contributed by atoms with van der Waals surface area (Å²) in [6, 6.07) is 52.3. The summed E-state index contributed by atoms with van der Waals surface area (Å²) in [5, 5.41) is 22.8. The van der Waals surface area contributed by atoms with E-state index in [1.54, 1.807) is 22.7 Å². The van der Waals surface area contributed by atoms with Crippen LogP contribution in [0.2, 0.25) is 0 Å². The fourth-order valence-electron chi connectivity index (χ4n) is 18.1. The van der Waals surface area contributed by atoms with Crippen molar-refractivity contribution in [2.45, 2.75) is 139 Å². The van der Waals surface area contributed by atoms with Crippen molar-refractivity contribution >= 4 is 206 Å². The molecule has 0 bridgehead atoms. The van der Waals surface area contributed by atoms with Crippen molar-refractivity contribution in [2.24, 2.45) is 21.8 Å². The minimum Gasteiger partial charge on any atom is -0.486 e. The van der Waals surface area contributed by atoms with Gasteiger partial charge in [-0.3, -0.25) is 9.98 Å². The zero-order valence-corrected chi connectivity index (χ0v) is 70.3. The van der Waals surface area contributed by atoms with E-state index in [4.69, 9.17) is 39.4 Å². The van der Waals surface area contributed by atoms with E-state index in [9.17, 15) is 0 Å². The van der Waals surface area contributed by atoms with E-state index in [0.717, 1.165) is 122 Å². The van der Waals surface area contributed by atoms with Gasteiger partial charge in [-0.2, -0.15) is 0 Å². The van der Waals surface area contributed by atoms with Crippen molar-refractivity contribution in [3.05, 3.63) is 213 Å². The van der Waals surface area contributed by atoms with Gasteiger partial charge in [0.2, 0.25) is 0 Å². The van der Waals surface area contributed by atoms with Gasteiger partial charge in [-0.05, 0) is 162 Å². The Morgan fingerprint density at radius 3 is 1.32 bits per heavy atom. The van der Waals surface area contributed by atoms with Gasteiger partial charge in [-0.15, -0.1) is 56.7 Å². The molecule has 568 valence electrons. The van der Waals surface area contributed by atoms with Crippen LogP contribution in [0.5, 0.6) is 11.5 Å². The molecule has 0 saturated heterocycles. The number of hydrogen-bond acceptors (Lipinski definition) is 13. The SMILES string of the molecule is CC(C)C1=NC2=C(C1)c1ccc3cc(-c4ccc5c(c4)c4sccc4c4nc(C(C)C)[nH]c54)sc3c1CC2.CC(C)C1=NC2=C(C1)c1ccc3cc(-c4ccc5c(c4)c4sccc4c4nc(C(C)C)[nH]c54)sc3c1OC2.CC(C)c1nc2c([nH]1)COc1c-2ccc2cc(-c3ccc4c(c3)c3sccc3c3nc(C(C)C)[nH]c43)ccc12. The van der Waals surface area contributed by atoms with Crippen LogP contribution < -0.4 is 9.47 Å². The van der Waals surface area contributed by atoms with Gasteiger partial charge >= 0.3 is 0 Å². The van der Waals surface area contributed by atoms with Crippen LogP contribution in [-0.4, -0.2) is 57.9 Å². The number of aryl methyl sites for hydroxylation is 1. The molecular formula is C98H84N10O2S5. The normalized spacial score (nSPS) is 14.7. The first kappa shape index (κ1) is 70.7. The average Bonchev–Trinajstić information content (AvgIpc) is 1.59. The smallest absolute Gasteiger partial charge is 0.145 e. The molecule has 0 unspecified atom stereocenters. The fourth-order valence-corrected chi connectivity index (χ4v) is 23.2. The number of fused-ring (bicyclic) bond motifs is 31. The van der Waals surface area contributed by atoms with E-state index in [1.807, 2.05) is 34.0 Å². The molecule has 12 nitrogen and oxygen atoms in total. The van der Waals surface area contributed by atoms with Gasteiger partial charge in [0.25, 0.3) is 0 Å². The molecule has 4 aliphatic heterocycles. The summed E-state index contributed by atoms with van der Waals surface area (Å²) in [4.78, 5) is 46.7. The number of nitrogens with one attached hydrogen (secondary N) is 4. The Morgan fingerprint density at radius 2 is 0.783 bits per heavy atom. The number of ether oxygens (including phenoxy) is 2. The lowest BCUT2D eigenvalue weighted by molar-refractivity contribution is 0.301. The average molecular weight is 1590 g/mol. The maximum Gasteiger partial charge on any atom is 0.145 e. The topological polar surface area (TPSA) is 158 Å². The first-order valence-corrected chi connectivity index (χ1v) is 44.8. The molecule has 1 aliphatic carbocycles. The van der Waals surface area contributed by atoms with Gasteiger partial charge in [-0.1, -0.05) is 162 Å². The molecule has 17 heteroatoms. The van der Waals surface area contributed by atoms with E-state index in [2.05, 4.69) is 259 Å². The van der Waals surface area contributed by atoms with Crippen LogP contribution in [0.3, 0.4) is 0 Å². The highest BCUT2D eigenvalue weighted by Gasteiger charge is 2.33. The molecule has 13 heterocycles. The molecule has 10 aromatic carbocycles. The van der Waals surface area contributed by atoms with Gasteiger partial charge in [0.15, 0.2) is 0 Å². The van der Waals surface area contributed by atoms with E-state index < -0.39 is 0 Å². The molecule has 0 saturated carbocycles. The van der Waals surface area contributed by atoms with Gasteiger partial charge in [-0.25, -0.2) is 19.9 Å². The summed E-state index contributed by atoms with van der Waals surface area (Å²) in [7, 11) is 0. The third kappa shape index (κ3) is 11.3. The molecule has 115 heavy (non-hydrogen) atoms. The lowest BCUT2D eigenvalue weighted by atomic mass is 9.86. The van der Waals surface area contributed by atoms with Crippen LogP contribution in [0.25, 0.3) is 181 Å². The minimum atomic E-state index is 0.348. The second kappa shape index (κ2) is 26.8. The number of aromatic nitrogens is 8. The number of benzene rings is 10. The molecule has 0 radical (unpaired) electrons. The molecule has 4 N–H and O–H groups in total. The summed E-state index contributed by atoms with van der Waals surface area (Å²) in [6.07, 6.45) is 4.11. The zero-order valence-electron chi connectivity index (χ0n) is 66.3. The number of nitrogens with zero attached hydrogens (tertiary/aromatic N) is 6. The molecule has 0 atom stereocenters. The van der Waals surface area contributed by atoms with Gasteiger partial charge in [0.05, 0.1) is 54.9 Å². The van der Waals surface area contributed by atoms with Crippen molar-refractivity contribution in [3.8, 4) is 54.8 Å². The summed E-state index contributed by atoms with van der Waals surface area (Å²) in [6.45, 7) is 27.5. The highest BCUT2D eigenvalue weighted by Crippen LogP contribution is 2.52. The maximum absolute atomic E-state index is 6.35. The predicted octanol–water partition coefficient (Wildman–Crippen LogP) is 28.9. The highest BCUT2D eigenvalue weighted by atomic mass is 32.1. The largest absolute Gasteiger partial charge is 0.486 e. The zero-order chi connectivity index (χ0) is 77.8. The molecule has 0 spiro atoms. The molecule has 24 rings (SSSR count). The Balaban J connectivity index is 0.000000105. The monoisotopic (exact) mass is 1590 g/mol. The quantitative estimate of drug-likeness (QED) is 0.113. The summed E-state index contributed by atoms with van der Waals surface area (Å²) < 4.78 is 19.2. The van der Waals surface area contributed by atoms with E-state index in [-0.39, 0.29) is 0 Å². The number of aromatic amines is 4. The van der Waals surface area contributed by atoms with Crippen LogP contribution >= 0.6 is 56.7 Å².